The van der Waals surface area contributed by atoms with E-state index in [0.29, 0.717) is 10.8 Å². The zero-order valence-electron chi connectivity index (χ0n) is 12.4. The fourth-order valence-corrected chi connectivity index (χ4v) is 4.09. The molecule has 1 rings (SSSR count). The van der Waals surface area contributed by atoms with Gasteiger partial charge in [-0.05, 0) is 43.4 Å². The van der Waals surface area contributed by atoms with Crippen LogP contribution >= 0.6 is 11.6 Å². The molecule has 0 saturated heterocycles. The molecule has 1 aromatic rings. The number of alkyl halides is 1. The molecule has 0 radical (unpaired) electrons. The highest BCUT2D eigenvalue weighted by Crippen LogP contribution is 2.23. The summed E-state index contributed by atoms with van der Waals surface area (Å²) in [6.45, 7) is 6.04. The van der Waals surface area contributed by atoms with Crippen LogP contribution in [0, 0.1) is 0 Å². The van der Waals surface area contributed by atoms with Gasteiger partial charge in [0.2, 0.25) is 10.0 Å². The molecule has 20 heavy (non-hydrogen) atoms. The first-order chi connectivity index (χ1) is 9.43. The molecule has 3 nitrogen and oxygen atoms in total. The molecular formula is C15H24ClNO2S. The van der Waals surface area contributed by atoms with E-state index in [0.717, 1.165) is 31.2 Å². The lowest BCUT2D eigenvalue weighted by Gasteiger charge is -2.31. The van der Waals surface area contributed by atoms with Gasteiger partial charge in [0.15, 0.2) is 0 Å². The summed E-state index contributed by atoms with van der Waals surface area (Å²) in [6.07, 6.45) is 3.09. The Balaban J connectivity index is 2.98. The average molecular weight is 318 g/mol. The fourth-order valence-electron chi connectivity index (χ4n) is 2.25. The number of hydrogen-bond donors (Lipinski definition) is 1. The molecule has 0 heterocycles. The average Bonchev–Trinajstić information content (AvgIpc) is 2.46. The van der Waals surface area contributed by atoms with Gasteiger partial charge in [0.1, 0.15) is 0 Å². The fraction of sp³-hybridized carbons (Fsp3) is 0.600. The number of nitrogens with one attached hydrogen (secondary N) is 1. The Bertz CT molecular complexity index is 499. The molecule has 5 heteroatoms. The third-order valence-corrected chi connectivity index (χ3v) is 5.78. The number of rotatable bonds is 8. The Morgan fingerprint density at radius 2 is 1.55 bits per heavy atom. The van der Waals surface area contributed by atoms with Crippen molar-refractivity contribution in [3.05, 3.63) is 29.8 Å². The highest BCUT2D eigenvalue weighted by atomic mass is 35.5. The Morgan fingerprint density at radius 3 is 1.95 bits per heavy atom. The van der Waals surface area contributed by atoms with E-state index in [1.54, 1.807) is 12.1 Å². The maximum atomic E-state index is 12.5. The van der Waals surface area contributed by atoms with E-state index < -0.39 is 10.0 Å². The SMILES string of the molecule is CCC(CC)(CC)NS(=O)(=O)c1ccc(CCCl)cc1. The van der Waals surface area contributed by atoms with Crippen LogP contribution in [0.1, 0.15) is 45.6 Å². The van der Waals surface area contributed by atoms with Crippen molar-refractivity contribution in [2.75, 3.05) is 5.88 Å². The van der Waals surface area contributed by atoms with Crippen molar-refractivity contribution >= 4 is 21.6 Å². The first kappa shape index (κ1) is 17.5. The summed E-state index contributed by atoms with van der Waals surface area (Å²) >= 11 is 5.68. The van der Waals surface area contributed by atoms with Crippen molar-refractivity contribution in [3.8, 4) is 0 Å². The van der Waals surface area contributed by atoms with Crippen molar-refractivity contribution in [2.45, 2.75) is 56.9 Å². The number of sulfonamides is 1. The van der Waals surface area contributed by atoms with E-state index in [1.807, 2.05) is 32.9 Å². The first-order valence-corrected chi connectivity index (χ1v) is 9.13. The van der Waals surface area contributed by atoms with Crippen LogP contribution in [-0.4, -0.2) is 19.8 Å². The molecule has 0 bridgehead atoms. The second-order valence-corrected chi connectivity index (χ2v) is 7.09. The maximum absolute atomic E-state index is 12.5. The third-order valence-electron chi connectivity index (χ3n) is 4.00. The molecule has 0 saturated carbocycles. The summed E-state index contributed by atoms with van der Waals surface area (Å²) < 4.78 is 27.8. The van der Waals surface area contributed by atoms with Gasteiger partial charge in [0.25, 0.3) is 0 Å². The van der Waals surface area contributed by atoms with Crippen LogP contribution in [0.5, 0.6) is 0 Å². The number of hydrogen-bond acceptors (Lipinski definition) is 2. The molecule has 0 aromatic heterocycles. The summed E-state index contributed by atoms with van der Waals surface area (Å²) in [5.41, 5.74) is 0.694. The van der Waals surface area contributed by atoms with Crippen LogP contribution in [0.15, 0.2) is 29.2 Å². The van der Waals surface area contributed by atoms with Crippen molar-refractivity contribution in [3.63, 3.8) is 0 Å². The molecule has 0 spiro atoms. The Morgan fingerprint density at radius 1 is 1.05 bits per heavy atom. The maximum Gasteiger partial charge on any atom is 0.241 e. The van der Waals surface area contributed by atoms with Crippen LogP contribution < -0.4 is 4.72 Å². The molecule has 0 aliphatic carbocycles. The molecule has 0 aliphatic rings. The lowest BCUT2D eigenvalue weighted by molar-refractivity contribution is 0.341. The van der Waals surface area contributed by atoms with Gasteiger partial charge in [-0.15, -0.1) is 11.6 Å². The standard InChI is InChI=1S/C15H24ClNO2S/c1-4-15(5-2,6-3)17-20(18,19)14-9-7-13(8-10-14)11-12-16/h7-10,17H,4-6,11-12H2,1-3H3. The molecule has 1 aromatic carbocycles. The van der Waals surface area contributed by atoms with Gasteiger partial charge >= 0.3 is 0 Å². The molecular weight excluding hydrogens is 294 g/mol. The van der Waals surface area contributed by atoms with E-state index >= 15 is 0 Å². The molecule has 1 N–H and O–H groups in total. The van der Waals surface area contributed by atoms with E-state index in [2.05, 4.69) is 4.72 Å². The quantitative estimate of drug-likeness (QED) is 0.743. The topological polar surface area (TPSA) is 46.2 Å². The van der Waals surface area contributed by atoms with Crippen LogP contribution in [-0.2, 0) is 16.4 Å². The molecule has 0 atom stereocenters. The predicted octanol–water partition coefficient (Wildman–Crippen LogP) is 3.72. The summed E-state index contributed by atoms with van der Waals surface area (Å²) in [5, 5.41) is 0. The van der Waals surface area contributed by atoms with Gasteiger partial charge in [-0.25, -0.2) is 13.1 Å². The zero-order chi connectivity index (χ0) is 15.2. The van der Waals surface area contributed by atoms with Gasteiger partial charge in [-0.1, -0.05) is 32.9 Å². The largest absolute Gasteiger partial charge is 0.241 e. The second-order valence-electron chi connectivity index (χ2n) is 5.03. The smallest absolute Gasteiger partial charge is 0.207 e. The van der Waals surface area contributed by atoms with Gasteiger partial charge < -0.3 is 0 Å². The van der Waals surface area contributed by atoms with Crippen LogP contribution in [0.2, 0.25) is 0 Å². The van der Waals surface area contributed by atoms with Gasteiger partial charge in [0, 0.05) is 11.4 Å². The monoisotopic (exact) mass is 317 g/mol. The highest BCUT2D eigenvalue weighted by Gasteiger charge is 2.30. The van der Waals surface area contributed by atoms with Gasteiger partial charge in [0.05, 0.1) is 4.90 Å². The lowest BCUT2D eigenvalue weighted by atomic mass is 9.91. The Kier molecular flexibility index (Phi) is 6.49. The van der Waals surface area contributed by atoms with Crippen molar-refractivity contribution in [1.82, 2.24) is 4.72 Å². The minimum atomic E-state index is -3.47. The Labute approximate surface area is 127 Å². The first-order valence-electron chi connectivity index (χ1n) is 7.12. The van der Waals surface area contributed by atoms with E-state index in [4.69, 9.17) is 11.6 Å². The minimum absolute atomic E-state index is 0.315. The van der Waals surface area contributed by atoms with Crippen molar-refractivity contribution in [2.24, 2.45) is 0 Å². The molecule has 0 unspecified atom stereocenters. The van der Waals surface area contributed by atoms with E-state index in [-0.39, 0.29) is 5.54 Å². The number of benzene rings is 1. The molecule has 0 aliphatic heterocycles. The third kappa shape index (κ3) is 4.21. The van der Waals surface area contributed by atoms with Crippen LogP contribution in [0.25, 0.3) is 0 Å². The number of halogens is 1. The van der Waals surface area contributed by atoms with Gasteiger partial charge in [-0.2, -0.15) is 0 Å². The summed E-state index contributed by atoms with van der Waals surface area (Å²) in [7, 11) is -3.47. The van der Waals surface area contributed by atoms with Crippen molar-refractivity contribution < 1.29 is 8.42 Å². The van der Waals surface area contributed by atoms with Crippen LogP contribution in [0.4, 0.5) is 0 Å². The summed E-state index contributed by atoms with van der Waals surface area (Å²) in [6, 6.07) is 6.94. The van der Waals surface area contributed by atoms with Crippen molar-refractivity contribution in [1.29, 1.82) is 0 Å². The predicted molar refractivity (Wildman–Crippen MR) is 84.8 cm³/mol. The normalized spacial score (nSPS) is 12.6. The molecule has 0 fully saturated rings. The molecule has 0 amide bonds. The highest BCUT2D eigenvalue weighted by molar-refractivity contribution is 7.89. The van der Waals surface area contributed by atoms with Gasteiger partial charge in [-0.3, -0.25) is 0 Å². The number of aryl methyl sites for hydroxylation is 1. The zero-order valence-corrected chi connectivity index (χ0v) is 14.0. The van der Waals surface area contributed by atoms with Crippen LogP contribution in [0.3, 0.4) is 0 Å². The summed E-state index contributed by atoms with van der Waals surface area (Å²) in [4.78, 5) is 0.315. The lowest BCUT2D eigenvalue weighted by Crippen LogP contribution is -2.46. The second kappa shape index (κ2) is 7.43. The van der Waals surface area contributed by atoms with E-state index in [9.17, 15) is 8.42 Å². The summed E-state index contributed by atoms with van der Waals surface area (Å²) in [5.74, 6) is 0.537. The Hall–Kier alpha value is -0.580. The molecule has 114 valence electrons. The minimum Gasteiger partial charge on any atom is -0.207 e. The van der Waals surface area contributed by atoms with E-state index in [1.165, 1.54) is 0 Å².